The minimum atomic E-state index is -0.138. The Labute approximate surface area is 158 Å². The van der Waals surface area contributed by atoms with Crippen LogP contribution in [0.15, 0.2) is 47.1 Å². The van der Waals surface area contributed by atoms with Gasteiger partial charge in [-0.2, -0.15) is 0 Å². The lowest BCUT2D eigenvalue weighted by atomic mass is 10.1. The zero-order valence-electron chi connectivity index (χ0n) is 14.6. The second-order valence-electron chi connectivity index (χ2n) is 6.48. The molecule has 1 aliphatic heterocycles. The maximum atomic E-state index is 12.2. The summed E-state index contributed by atoms with van der Waals surface area (Å²) < 4.78 is 5.55. The summed E-state index contributed by atoms with van der Waals surface area (Å²) in [5.74, 6) is 0.605. The van der Waals surface area contributed by atoms with E-state index in [1.807, 2.05) is 12.1 Å². The standard InChI is InChI=1S/C20H23ClN2O3/c21-16-7-2-1-6-15(16)18(24)9-10-20(25)22-14-17(19-8-5-13-26-19)23-11-3-4-12-23/h1-2,5-8,13,17H,3-4,9-12,14H2,(H,22,25). The number of nitrogens with zero attached hydrogens (tertiary/aromatic N) is 1. The molecule has 138 valence electrons. The molecule has 6 heteroatoms. The van der Waals surface area contributed by atoms with E-state index in [9.17, 15) is 9.59 Å². The molecule has 5 nitrogen and oxygen atoms in total. The van der Waals surface area contributed by atoms with Gasteiger partial charge in [0.1, 0.15) is 5.76 Å². The Morgan fingerprint density at radius 2 is 1.88 bits per heavy atom. The molecule has 0 bridgehead atoms. The van der Waals surface area contributed by atoms with Crippen LogP contribution in [-0.4, -0.2) is 36.2 Å². The van der Waals surface area contributed by atoms with E-state index in [-0.39, 0.29) is 30.6 Å². The fourth-order valence-corrected chi connectivity index (χ4v) is 3.53. The number of carbonyl (C=O) groups is 2. The second kappa shape index (κ2) is 9.01. The molecule has 1 atom stereocenters. The number of furan rings is 1. The first-order chi connectivity index (χ1) is 12.6. The number of ketones is 1. The first-order valence-electron chi connectivity index (χ1n) is 8.97. The van der Waals surface area contributed by atoms with E-state index in [1.54, 1.807) is 30.5 Å². The van der Waals surface area contributed by atoms with Crippen LogP contribution in [0.1, 0.15) is 47.8 Å². The lowest BCUT2D eigenvalue weighted by molar-refractivity contribution is -0.121. The lowest BCUT2D eigenvalue weighted by Gasteiger charge is -2.26. The summed E-state index contributed by atoms with van der Waals surface area (Å²) in [7, 11) is 0. The summed E-state index contributed by atoms with van der Waals surface area (Å²) in [6.45, 7) is 2.49. The largest absolute Gasteiger partial charge is 0.468 e. The van der Waals surface area contributed by atoms with Gasteiger partial charge in [-0.1, -0.05) is 23.7 Å². The fourth-order valence-electron chi connectivity index (χ4n) is 3.29. The van der Waals surface area contributed by atoms with Gasteiger partial charge in [0.15, 0.2) is 5.78 Å². The van der Waals surface area contributed by atoms with Crippen molar-refractivity contribution in [1.29, 1.82) is 0 Å². The number of Topliss-reactive ketones (excluding diaryl/α,β-unsaturated/α-hetero) is 1. The van der Waals surface area contributed by atoms with Gasteiger partial charge in [0.05, 0.1) is 17.3 Å². The smallest absolute Gasteiger partial charge is 0.220 e. The molecule has 2 heterocycles. The van der Waals surface area contributed by atoms with Crippen LogP contribution in [0.3, 0.4) is 0 Å². The lowest BCUT2D eigenvalue weighted by Crippen LogP contribution is -2.36. The van der Waals surface area contributed by atoms with Gasteiger partial charge in [0.2, 0.25) is 5.91 Å². The third kappa shape index (κ3) is 4.74. The van der Waals surface area contributed by atoms with Crippen LogP contribution in [0.5, 0.6) is 0 Å². The van der Waals surface area contributed by atoms with Gasteiger partial charge >= 0.3 is 0 Å². The number of hydrogen-bond acceptors (Lipinski definition) is 4. The van der Waals surface area contributed by atoms with Gasteiger partial charge in [-0.05, 0) is 50.2 Å². The van der Waals surface area contributed by atoms with Crippen molar-refractivity contribution in [3.63, 3.8) is 0 Å². The van der Waals surface area contributed by atoms with Gasteiger partial charge in [-0.3, -0.25) is 14.5 Å². The SMILES string of the molecule is O=C(CCC(=O)c1ccccc1Cl)NCC(c1ccco1)N1CCCC1. The number of hydrogen-bond donors (Lipinski definition) is 1. The van der Waals surface area contributed by atoms with E-state index in [1.165, 1.54) is 0 Å². The number of amides is 1. The predicted octanol–water partition coefficient (Wildman–Crippen LogP) is 3.85. The Hall–Kier alpha value is -2.11. The number of carbonyl (C=O) groups excluding carboxylic acids is 2. The Morgan fingerprint density at radius 1 is 1.12 bits per heavy atom. The van der Waals surface area contributed by atoms with E-state index >= 15 is 0 Å². The molecule has 0 saturated carbocycles. The highest BCUT2D eigenvalue weighted by Crippen LogP contribution is 2.25. The maximum Gasteiger partial charge on any atom is 0.220 e. The van der Waals surface area contributed by atoms with Crippen molar-refractivity contribution < 1.29 is 14.0 Å². The molecular weight excluding hydrogens is 352 g/mol. The van der Waals surface area contributed by atoms with Crippen LogP contribution in [0.25, 0.3) is 0 Å². The summed E-state index contributed by atoms with van der Waals surface area (Å²) in [5, 5.41) is 3.36. The molecule has 2 aromatic rings. The molecule has 0 aliphatic carbocycles. The summed E-state index contributed by atoms with van der Waals surface area (Å²) in [4.78, 5) is 26.8. The molecule has 0 spiro atoms. The van der Waals surface area contributed by atoms with Gasteiger partial charge < -0.3 is 9.73 Å². The average Bonchev–Trinajstić information content (AvgIpc) is 3.35. The summed E-state index contributed by atoms with van der Waals surface area (Å²) in [5.41, 5.74) is 0.465. The molecule has 1 aromatic heterocycles. The normalized spacial score (nSPS) is 15.7. The number of benzene rings is 1. The maximum absolute atomic E-state index is 12.2. The van der Waals surface area contributed by atoms with E-state index < -0.39 is 0 Å². The molecule has 1 fully saturated rings. The molecule has 0 radical (unpaired) electrons. The average molecular weight is 375 g/mol. The summed E-state index contributed by atoms with van der Waals surface area (Å²) in [6.07, 6.45) is 4.27. The zero-order chi connectivity index (χ0) is 18.4. The second-order valence-corrected chi connectivity index (χ2v) is 6.89. The molecule has 1 N–H and O–H groups in total. The Balaban J connectivity index is 1.51. The van der Waals surface area contributed by atoms with Gasteiger partial charge in [-0.25, -0.2) is 0 Å². The van der Waals surface area contributed by atoms with Crippen molar-refractivity contribution in [3.05, 3.63) is 59.0 Å². The van der Waals surface area contributed by atoms with Crippen molar-refractivity contribution in [2.75, 3.05) is 19.6 Å². The minimum Gasteiger partial charge on any atom is -0.468 e. The molecule has 26 heavy (non-hydrogen) atoms. The van der Waals surface area contributed by atoms with Gasteiger partial charge in [-0.15, -0.1) is 0 Å². The van der Waals surface area contributed by atoms with Crippen molar-refractivity contribution in [2.45, 2.75) is 31.7 Å². The van der Waals surface area contributed by atoms with Crippen LogP contribution >= 0.6 is 11.6 Å². The van der Waals surface area contributed by atoms with Crippen molar-refractivity contribution >= 4 is 23.3 Å². The third-order valence-corrected chi connectivity index (χ3v) is 5.03. The Morgan fingerprint density at radius 3 is 2.58 bits per heavy atom. The highest BCUT2D eigenvalue weighted by Gasteiger charge is 2.26. The van der Waals surface area contributed by atoms with Gasteiger partial charge in [0, 0.05) is 24.9 Å². The molecule has 1 aromatic carbocycles. The molecule has 1 saturated heterocycles. The first kappa shape index (κ1) is 18.7. The van der Waals surface area contributed by atoms with E-state index in [4.69, 9.17) is 16.0 Å². The molecule has 1 amide bonds. The highest BCUT2D eigenvalue weighted by molar-refractivity contribution is 6.34. The number of likely N-dealkylation sites (tertiary alicyclic amines) is 1. The van der Waals surface area contributed by atoms with Crippen molar-refractivity contribution in [1.82, 2.24) is 10.2 Å². The van der Waals surface area contributed by atoms with Crippen LogP contribution in [0, 0.1) is 0 Å². The Kier molecular flexibility index (Phi) is 6.47. The van der Waals surface area contributed by atoms with Crippen LogP contribution in [0.4, 0.5) is 0 Å². The summed E-state index contributed by atoms with van der Waals surface area (Å²) in [6, 6.07) is 10.7. The minimum absolute atomic E-state index is 0.0377. The van der Waals surface area contributed by atoms with Crippen LogP contribution < -0.4 is 5.32 Å². The monoisotopic (exact) mass is 374 g/mol. The van der Waals surface area contributed by atoms with Crippen LogP contribution in [-0.2, 0) is 4.79 Å². The Bertz CT molecular complexity index is 739. The van der Waals surface area contributed by atoms with E-state index in [2.05, 4.69) is 10.2 Å². The topological polar surface area (TPSA) is 62.6 Å². The molecule has 3 rings (SSSR count). The van der Waals surface area contributed by atoms with E-state index in [0.29, 0.717) is 17.1 Å². The van der Waals surface area contributed by atoms with Crippen molar-refractivity contribution in [3.8, 4) is 0 Å². The van der Waals surface area contributed by atoms with Crippen molar-refractivity contribution in [2.24, 2.45) is 0 Å². The van der Waals surface area contributed by atoms with Gasteiger partial charge in [0.25, 0.3) is 0 Å². The molecule has 1 unspecified atom stereocenters. The molecule has 1 aliphatic rings. The number of nitrogens with one attached hydrogen (secondary N) is 1. The first-order valence-corrected chi connectivity index (χ1v) is 9.35. The molecular formula is C20H23ClN2O3. The van der Waals surface area contributed by atoms with Crippen LogP contribution in [0.2, 0.25) is 5.02 Å². The number of halogens is 1. The quantitative estimate of drug-likeness (QED) is 0.713. The predicted molar refractivity (Wildman–Crippen MR) is 100 cm³/mol. The summed E-state index contributed by atoms with van der Waals surface area (Å²) >= 11 is 6.03. The van der Waals surface area contributed by atoms with E-state index in [0.717, 1.165) is 31.7 Å². The third-order valence-electron chi connectivity index (χ3n) is 4.70. The number of rotatable bonds is 8. The zero-order valence-corrected chi connectivity index (χ0v) is 15.4. The highest BCUT2D eigenvalue weighted by atomic mass is 35.5. The fraction of sp³-hybridized carbons (Fsp3) is 0.400.